The van der Waals surface area contributed by atoms with E-state index in [1.165, 1.54) is 10.8 Å². The molecule has 1 atom stereocenters. The van der Waals surface area contributed by atoms with Crippen LogP contribution in [0.15, 0.2) is 28.2 Å². The van der Waals surface area contributed by atoms with Crippen LogP contribution in [0, 0.1) is 11.6 Å². The Hall–Kier alpha value is -2.74. The van der Waals surface area contributed by atoms with E-state index in [9.17, 15) is 19.1 Å². The van der Waals surface area contributed by atoms with Crippen molar-refractivity contribution in [2.24, 2.45) is 5.73 Å². The molecule has 0 saturated heterocycles. The maximum absolute atomic E-state index is 15.6. The van der Waals surface area contributed by atoms with Crippen molar-refractivity contribution >= 4 is 22.6 Å². The zero-order valence-electron chi connectivity index (χ0n) is 15.0. The van der Waals surface area contributed by atoms with Gasteiger partial charge >= 0.3 is 5.97 Å². The molecule has 146 valence electrons. The molecule has 2 aromatic rings. The monoisotopic (exact) mass is 387 g/mol. The molecule has 0 bridgehead atoms. The second-order valence-electron chi connectivity index (χ2n) is 7.86. The first-order valence-corrected chi connectivity index (χ1v) is 9.38. The van der Waals surface area contributed by atoms with Gasteiger partial charge in [-0.25, -0.2) is 13.6 Å². The third-order valence-electron chi connectivity index (χ3n) is 6.07. The number of aromatic nitrogens is 1. The SMILES string of the molecule is NC1CCC2=C1CN(c1c(F)cc3c(=O)c(C(=O)O)cn(C4CC4)c3c1F)C2. The summed E-state index contributed by atoms with van der Waals surface area (Å²) in [5.74, 6) is -3.08. The van der Waals surface area contributed by atoms with Gasteiger partial charge < -0.3 is 20.3 Å². The number of anilines is 1. The van der Waals surface area contributed by atoms with E-state index in [1.807, 2.05) is 0 Å². The fourth-order valence-electron chi connectivity index (χ4n) is 4.50. The molecule has 1 aromatic carbocycles. The molecule has 8 heteroatoms. The average molecular weight is 387 g/mol. The number of carboxylic acid groups (broad SMARTS) is 1. The number of carbonyl (C=O) groups is 1. The standard InChI is InChI=1S/C20H19F2N3O3/c21-14-5-11-17(25(10-2-3-10)8-13(19(11)26)20(27)28)16(22)18(14)24-6-9-1-4-15(23)12(9)7-24/h5,8,10,15H,1-4,6-7,23H2,(H,27,28). The van der Waals surface area contributed by atoms with E-state index in [-0.39, 0.29) is 28.7 Å². The van der Waals surface area contributed by atoms with Gasteiger partial charge in [-0.1, -0.05) is 0 Å². The minimum atomic E-state index is -1.40. The van der Waals surface area contributed by atoms with Crippen molar-refractivity contribution in [3.63, 3.8) is 0 Å². The average Bonchev–Trinajstić information content (AvgIpc) is 3.31. The van der Waals surface area contributed by atoms with Gasteiger partial charge in [0, 0.05) is 31.4 Å². The van der Waals surface area contributed by atoms with Gasteiger partial charge in [0.15, 0.2) is 5.82 Å². The highest BCUT2D eigenvalue weighted by Crippen LogP contribution is 2.41. The Balaban J connectivity index is 1.71. The van der Waals surface area contributed by atoms with Crippen LogP contribution in [-0.4, -0.2) is 34.8 Å². The van der Waals surface area contributed by atoms with Crippen molar-refractivity contribution in [1.82, 2.24) is 4.57 Å². The smallest absolute Gasteiger partial charge is 0.341 e. The fraction of sp³-hybridized carbons (Fsp3) is 0.400. The summed E-state index contributed by atoms with van der Waals surface area (Å²) in [7, 11) is 0. The van der Waals surface area contributed by atoms with Crippen LogP contribution >= 0.6 is 0 Å². The molecule has 0 amide bonds. The molecule has 1 saturated carbocycles. The Bertz CT molecular complexity index is 1130. The third-order valence-corrected chi connectivity index (χ3v) is 6.07. The molecule has 0 radical (unpaired) electrons. The molecule has 6 nitrogen and oxygen atoms in total. The Morgan fingerprint density at radius 2 is 1.96 bits per heavy atom. The lowest BCUT2D eigenvalue weighted by Gasteiger charge is -2.24. The van der Waals surface area contributed by atoms with Gasteiger partial charge in [0.1, 0.15) is 17.1 Å². The molecule has 28 heavy (non-hydrogen) atoms. The molecule has 2 aliphatic carbocycles. The fourth-order valence-corrected chi connectivity index (χ4v) is 4.50. The molecular formula is C20H19F2N3O3. The second-order valence-corrected chi connectivity index (χ2v) is 7.86. The summed E-state index contributed by atoms with van der Waals surface area (Å²) in [6, 6.07) is 0.823. The topological polar surface area (TPSA) is 88.6 Å². The second kappa shape index (κ2) is 5.88. The van der Waals surface area contributed by atoms with Gasteiger partial charge in [-0.05, 0) is 42.9 Å². The zero-order chi connectivity index (χ0) is 19.7. The highest BCUT2D eigenvalue weighted by molar-refractivity contribution is 5.94. The number of aromatic carboxylic acids is 1. The van der Waals surface area contributed by atoms with Gasteiger partial charge in [-0.3, -0.25) is 4.79 Å². The lowest BCUT2D eigenvalue weighted by molar-refractivity contribution is 0.0695. The number of hydrogen-bond acceptors (Lipinski definition) is 4. The number of pyridine rings is 1. The largest absolute Gasteiger partial charge is 0.477 e. The summed E-state index contributed by atoms with van der Waals surface area (Å²) in [4.78, 5) is 25.6. The van der Waals surface area contributed by atoms with Crippen LogP contribution in [0.5, 0.6) is 0 Å². The van der Waals surface area contributed by atoms with Crippen LogP contribution in [0.3, 0.4) is 0 Å². The van der Waals surface area contributed by atoms with Gasteiger partial charge in [-0.2, -0.15) is 0 Å². The van der Waals surface area contributed by atoms with E-state index in [0.717, 1.165) is 42.9 Å². The van der Waals surface area contributed by atoms with Gasteiger partial charge in [0.2, 0.25) is 5.43 Å². The number of fused-ring (bicyclic) bond motifs is 1. The normalized spacial score (nSPS) is 21.7. The molecule has 5 rings (SSSR count). The minimum Gasteiger partial charge on any atom is -0.477 e. The van der Waals surface area contributed by atoms with Crippen molar-refractivity contribution in [1.29, 1.82) is 0 Å². The van der Waals surface area contributed by atoms with E-state index >= 15 is 4.39 Å². The van der Waals surface area contributed by atoms with Crippen molar-refractivity contribution in [3.05, 3.63) is 50.8 Å². The minimum absolute atomic E-state index is 0.0229. The van der Waals surface area contributed by atoms with E-state index < -0.39 is 28.6 Å². The summed E-state index contributed by atoms with van der Waals surface area (Å²) < 4.78 is 32.0. The molecule has 1 aromatic heterocycles. The predicted molar refractivity (Wildman–Crippen MR) is 99.8 cm³/mol. The van der Waals surface area contributed by atoms with Crippen molar-refractivity contribution in [2.75, 3.05) is 18.0 Å². The number of benzene rings is 1. The van der Waals surface area contributed by atoms with Crippen molar-refractivity contribution in [3.8, 4) is 0 Å². The summed E-state index contributed by atoms with van der Waals surface area (Å²) in [6.45, 7) is 0.792. The first kappa shape index (κ1) is 17.4. The first-order chi connectivity index (χ1) is 13.4. The number of halogens is 2. The Morgan fingerprint density at radius 3 is 2.61 bits per heavy atom. The molecule has 0 spiro atoms. The third kappa shape index (κ3) is 2.40. The lowest BCUT2D eigenvalue weighted by Crippen LogP contribution is -2.29. The molecule has 1 unspecified atom stereocenters. The zero-order valence-corrected chi connectivity index (χ0v) is 15.0. The predicted octanol–water partition coefficient (Wildman–Crippen LogP) is 2.55. The first-order valence-electron chi connectivity index (χ1n) is 9.38. The molecule has 2 heterocycles. The van der Waals surface area contributed by atoms with Gasteiger partial charge in [-0.15, -0.1) is 0 Å². The van der Waals surface area contributed by atoms with E-state index in [4.69, 9.17) is 5.73 Å². The Labute approximate surface area is 158 Å². The van der Waals surface area contributed by atoms with Crippen LogP contribution < -0.4 is 16.1 Å². The maximum Gasteiger partial charge on any atom is 0.341 e. The lowest BCUT2D eigenvalue weighted by atomic mass is 10.1. The summed E-state index contributed by atoms with van der Waals surface area (Å²) >= 11 is 0. The van der Waals surface area contributed by atoms with E-state index in [1.54, 1.807) is 4.90 Å². The number of carboxylic acids is 1. The molecule has 3 aliphatic rings. The quantitative estimate of drug-likeness (QED) is 0.791. The Kier molecular flexibility index (Phi) is 3.64. The van der Waals surface area contributed by atoms with Crippen molar-refractivity contribution in [2.45, 2.75) is 37.8 Å². The van der Waals surface area contributed by atoms with Crippen LogP contribution in [0.2, 0.25) is 0 Å². The van der Waals surface area contributed by atoms with Crippen LogP contribution in [-0.2, 0) is 0 Å². The highest BCUT2D eigenvalue weighted by Gasteiger charge is 2.35. The van der Waals surface area contributed by atoms with Crippen LogP contribution in [0.25, 0.3) is 10.9 Å². The molecular weight excluding hydrogens is 368 g/mol. The summed E-state index contributed by atoms with van der Waals surface area (Å²) in [5.41, 5.74) is 6.72. The van der Waals surface area contributed by atoms with E-state index in [0.29, 0.717) is 13.1 Å². The maximum atomic E-state index is 15.6. The van der Waals surface area contributed by atoms with E-state index in [2.05, 4.69) is 0 Å². The summed E-state index contributed by atoms with van der Waals surface area (Å²) in [6.07, 6.45) is 4.40. The number of nitrogens with zero attached hydrogens (tertiary/aromatic N) is 2. The van der Waals surface area contributed by atoms with Crippen molar-refractivity contribution < 1.29 is 18.7 Å². The molecule has 3 N–H and O–H groups in total. The van der Waals surface area contributed by atoms with Gasteiger partial charge in [0.05, 0.1) is 10.9 Å². The summed E-state index contributed by atoms with van der Waals surface area (Å²) in [5, 5.41) is 9.07. The van der Waals surface area contributed by atoms with Gasteiger partial charge in [0.25, 0.3) is 0 Å². The highest BCUT2D eigenvalue weighted by atomic mass is 19.1. The Morgan fingerprint density at radius 1 is 1.21 bits per heavy atom. The number of nitrogens with two attached hydrogens (primary N) is 1. The molecule has 1 aliphatic heterocycles. The number of hydrogen-bond donors (Lipinski definition) is 2. The van der Waals surface area contributed by atoms with Crippen LogP contribution in [0.1, 0.15) is 42.1 Å². The number of rotatable bonds is 3. The molecule has 1 fully saturated rings. The van der Waals surface area contributed by atoms with Crippen LogP contribution in [0.4, 0.5) is 14.5 Å².